The van der Waals surface area contributed by atoms with Gasteiger partial charge in [0.1, 0.15) is 0 Å². The Balaban J connectivity index is 1.68. The lowest BCUT2D eigenvalue weighted by Crippen LogP contribution is -2.17. The fraction of sp³-hybridized carbons (Fsp3) is 1.00. The largest absolute Gasteiger partial charge is 0.377 e. The molecule has 0 spiro atoms. The zero-order valence-electron chi connectivity index (χ0n) is 12.4. The van der Waals surface area contributed by atoms with Gasteiger partial charge in [-0.1, -0.05) is 64.7 Å². The summed E-state index contributed by atoms with van der Waals surface area (Å²) in [7, 11) is 0. The number of hydrogen-bond donors (Lipinski definition) is 1. The van der Waals surface area contributed by atoms with Crippen LogP contribution in [0.5, 0.6) is 0 Å². The summed E-state index contributed by atoms with van der Waals surface area (Å²) in [6.45, 7) is 5.47. The van der Waals surface area contributed by atoms with Gasteiger partial charge in [0, 0.05) is 13.2 Å². The van der Waals surface area contributed by atoms with Crippen molar-refractivity contribution in [1.82, 2.24) is 5.32 Å². The highest BCUT2D eigenvalue weighted by molar-refractivity contribution is 4.70. The van der Waals surface area contributed by atoms with Gasteiger partial charge in [-0.05, 0) is 19.4 Å². The summed E-state index contributed by atoms with van der Waals surface area (Å²) >= 11 is 0. The smallest absolute Gasteiger partial charge is 0.0711 e. The Morgan fingerprint density at radius 1 is 0.889 bits per heavy atom. The van der Waals surface area contributed by atoms with E-state index in [9.17, 15) is 0 Å². The molecule has 0 aliphatic carbocycles. The van der Waals surface area contributed by atoms with E-state index in [0.29, 0.717) is 6.10 Å². The van der Waals surface area contributed by atoms with Crippen molar-refractivity contribution in [2.75, 3.05) is 19.7 Å². The van der Waals surface area contributed by atoms with Crippen molar-refractivity contribution in [2.45, 2.75) is 83.7 Å². The molecule has 2 heteroatoms. The molecule has 1 N–H and O–H groups in total. The molecule has 0 saturated carbocycles. The van der Waals surface area contributed by atoms with Crippen LogP contribution in [0.25, 0.3) is 0 Å². The Labute approximate surface area is 114 Å². The third-order valence-corrected chi connectivity index (χ3v) is 3.87. The number of ether oxygens (including phenoxy) is 1. The zero-order valence-corrected chi connectivity index (χ0v) is 12.4. The highest BCUT2D eigenvalue weighted by atomic mass is 16.5. The molecular formula is C16H33NO. The van der Waals surface area contributed by atoms with Crippen molar-refractivity contribution >= 4 is 0 Å². The van der Waals surface area contributed by atoms with Gasteiger partial charge in [0.2, 0.25) is 0 Å². The molecule has 1 fully saturated rings. The van der Waals surface area contributed by atoms with E-state index in [4.69, 9.17) is 4.74 Å². The molecule has 108 valence electrons. The first-order chi connectivity index (χ1) is 8.93. The quantitative estimate of drug-likeness (QED) is 0.525. The average Bonchev–Trinajstić information content (AvgIpc) is 2.89. The Bertz CT molecular complexity index is 166. The van der Waals surface area contributed by atoms with Crippen molar-refractivity contribution in [1.29, 1.82) is 0 Å². The molecule has 1 aliphatic heterocycles. The Morgan fingerprint density at radius 3 is 2.06 bits per heavy atom. The molecule has 0 bridgehead atoms. The first-order valence-corrected chi connectivity index (χ1v) is 8.26. The molecule has 1 unspecified atom stereocenters. The van der Waals surface area contributed by atoms with Crippen LogP contribution in [0.1, 0.15) is 77.6 Å². The van der Waals surface area contributed by atoms with Crippen molar-refractivity contribution in [3.05, 3.63) is 0 Å². The van der Waals surface area contributed by atoms with Crippen LogP contribution < -0.4 is 5.32 Å². The van der Waals surface area contributed by atoms with Gasteiger partial charge >= 0.3 is 0 Å². The minimum Gasteiger partial charge on any atom is -0.377 e. The molecule has 0 aromatic rings. The molecule has 18 heavy (non-hydrogen) atoms. The van der Waals surface area contributed by atoms with Gasteiger partial charge in [-0.2, -0.15) is 0 Å². The van der Waals surface area contributed by atoms with E-state index >= 15 is 0 Å². The molecule has 1 heterocycles. The van der Waals surface area contributed by atoms with E-state index in [1.54, 1.807) is 0 Å². The monoisotopic (exact) mass is 255 g/mol. The van der Waals surface area contributed by atoms with Crippen LogP contribution in [0.3, 0.4) is 0 Å². The van der Waals surface area contributed by atoms with Gasteiger partial charge in [0.15, 0.2) is 0 Å². The summed E-state index contributed by atoms with van der Waals surface area (Å²) in [5.74, 6) is 0. The van der Waals surface area contributed by atoms with Crippen molar-refractivity contribution < 1.29 is 4.74 Å². The second-order valence-electron chi connectivity index (χ2n) is 5.67. The van der Waals surface area contributed by atoms with Crippen LogP contribution in [0, 0.1) is 0 Å². The van der Waals surface area contributed by atoms with E-state index in [1.165, 1.54) is 70.6 Å². The van der Waals surface area contributed by atoms with Crippen LogP contribution in [-0.4, -0.2) is 25.8 Å². The number of rotatable bonds is 12. The predicted octanol–water partition coefficient (Wildman–Crippen LogP) is 4.29. The summed E-state index contributed by atoms with van der Waals surface area (Å²) < 4.78 is 5.81. The molecule has 0 aromatic heterocycles. The van der Waals surface area contributed by atoms with E-state index in [-0.39, 0.29) is 0 Å². The summed E-state index contributed by atoms with van der Waals surface area (Å²) in [5, 5.41) is 3.34. The van der Waals surface area contributed by atoms with Gasteiger partial charge in [-0.15, -0.1) is 0 Å². The summed E-state index contributed by atoms with van der Waals surface area (Å²) in [6, 6.07) is 0. The lowest BCUT2D eigenvalue weighted by atomic mass is 10.1. The van der Waals surface area contributed by atoms with Crippen LogP contribution in [0.2, 0.25) is 0 Å². The van der Waals surface area contributed by atoms with Crippen molar-refractivity contribution in [2.24, 2.45) is 0 Å². The number of hydrogen-bond acceptors (Lipinski definition) is 2. The maximum Gasteiger partial charge on any atom is 0.0711 e. The molecule has 1 saturated heterocycles. The average molecular weight is 255 g/mol. The molecule has 1 rings (SSSR count). The fourth-order valence-electron chi connectivity index (χ4n) is 2.61. The van der Waals surface area contributed by atoms with Gasteiger partial charge in [0.25, 0.3) is 0 Å². The van der Waals surface area contributed by atoms with Crippen molar-refractivity contribution in [3.63, 3.8) is 0 Å². The molecule has 1 atom stereocenters. The predicted molar refractivity (Wildman–Crippen MR) is 79.1 cm³/mol. The van der Waals surface area contributed by atoms with Gasteiger partial charge in [0.05, 0.1) is 6.10 Å². The van der Waals surface area contributed by atoms with Crippen LogP contribution in [0.15, 0.2) is 0 Å². The third kappa shape index (κ3) is 8.93. The van der Waals surface area contributed by atoms with Crippen molar-refractivity contribution in [3.8, 4) is 0 Å². The third-order valence-electron chi connectivity index (χ3n) is 3.87. The van der Waals surface area contributed by atoms with Gasteiger partial charge in [-0.3, -0.25) is 0 Å². The fourth-order valence-corrected chi connectivity index (χ4v) is 2.61. The van der Waals surface area contributed by atoms with Crippen LogP contribution >= 0.6 is 0 Å². The first kappa shape index (κ1) is 16.0. The normalized spacial score (nSPS) is 19.5. The lowest BCUT2D eigenvalue weighted by molar-refractivity contribution is 0.0641. The molecule has 2 nitrogen and oxygen atoms in total. The number of unbranched alkanes of at least 4 members (excludes halogenated alkanes) is 9. The van der Waals surface area contributed by atoms with Crippen LogP contribution in [0.4, 0.5) is 0 Å². The second kappa shape index (κ2) is 12.0. The minimum atomic E-state index is 0.503. The van der Waals surface area contributed by atoms with Gasteiger partial charge in [-0.25, -0.2) is 0 Å². The first-order valence-electron chi connectivity index (χ1n) is 8.26. The SMILES string of the molecule is CCCCCCCCCCCCOC1CCNC1. The second-order valence-corrected chi connectivity index (χ2v) is 5.67. The Morgan fingerprint density at radius 2 is 1.50 bits per heavy atom. The Kier molecular flexibility index (Phi) is 10.6. The molecular weight excluding hydrogens is 222 g/mol. The van der Waals surface area contributed by atoms with E-state index in [2.05, 4.69) is 12.2 Å². The van der Waals surface area contributed by atoms with Crippen LogP contribution in [-0.2, 0) is 4.74 Å². The summed E-state index contributed by atoms with van der Waals surface area (Å²) in [5.41, 5.74) is 0. The maximum absolute atomic E-state index is 5.81. The van der Waals surface area contributed by atoms with E-state index < -0.39 is 0 Å². The lowest BCUT2D eigenvalue weighted by Gasteiger charge is -2.09. The van der Waals surface area contributed by atoms with E-state index in [1.807, 2.05) is 0 Å². The number of nitrogens with one attached hydrogen (secondary N) is 1. The zero-order chi connectivity index (χ0) is 12.9. The maximum atomic E-state index is 5.81. The summed E-state index contributed by atoms with van der Waals surface area (Å²) in [4.78, 5) is 0. The Hall–Kier alpha value is -0.0800. The topological polar surface area (TPSA) is 21.3 Å². The minimum absolute atomic E-state index is 0.503. The molecule has 1 aliphatic rings. The van der Waals surface area contributed by atoms with E-state index in [0.717, 1.165) is 19.7 Å². The molecule has 0 radical (unpaired) electrons. The molecule has 0 amide bonds. The molecule has 0 aromatic carbocycles. The van der Waals surface area contributed by atoms with Gasteiger partial charge < -0.3 is 10.1 Å². The highest BCUT2D eigenvalue weighted by Gasteiger charge is 2.13. The highest BCUT2D eigenvalue weighted by Crippen LogP contribution is 2.11. The standard InChI is InChI=1S/C16H33NO/c1-2-3-4-5-6-7-8-9-10-11-14-18-16-12-13-17-15-16/h16-17H,2-15H2,1H3. The summed E-state index contributed by atoms with van der Waals surface area (Å²) in [6.07, 6.45) is 15.7.